The minimum atomic E-state index is -2.99. The Hall–Kier alpha value is -1.13. The van der Waals surface area contributed by atoms with Gasteiger partial charge in [-0.15, -0.1) is 0 Å². The standard InChI is InChI=1S/C13H19NO2S/c1-12-5-7-13(8-6-12)4-2-10-17(15,16)11-3-9-14/h2,4-8H,3,9-11,14H2,1H3. The van der Waals surface area contributed by atoms with Gasteiger partial charge in [-0.3, -0.25) is 0 Å². The summed E-state index contributed by atoms with van der Waals surface area (Å²) in [7, 11) is -2.99. The molecule has 0 amide bonds. The zero-order valence-corrected chi connectivity index (χ0v) is 10.9. The van der Waals surface area contributed by atoms with Crippen LogP contribution in [0.5, 0.6) is 0 Å². The monoisotopic (exact) mass is 253 g/mol. The van der Waals surface area contributed by atoms with Crippen LogP contribution in [0.2, 0.25) is 0 Å². The smallest absolute Gasteiger partial charge is 0.153 e. The van der Waals surface area contributed by atoms with Gasteiger partial charge in [-0.05, 0) is 25.5 Å². The van der Waals surface area contributed by atoms with Crippen LogP contribution >= 0.6 is 0 Å². The molecule has 0 bridgehead atoms. The molecule has 0 aliphatic rings. The van der Waals surface area contributed by atoms with Crippen LogP contribution in [0.1, 0.15) is 17.5 Å². The fourth-order valence-corrected chi connectivity index (χ4v) is 2.56. The fourth-order valence-electron chi connectivity index (χ4n) is 1.39. The summed E-state index contributed by atoms with van der Waals surface area (Å²) >= 11 is 0. The van der Waals surface area contributed by atoms with Crippen molar-refractivity contribution in [1.29, 1.82) is 0 Å². The predicted molar refractivity (Wildman–Crippen MR) is 72.5 cm³/mol. The molecule has 17 heavy (non-hydrogen) atoms. The maximum atomic E-state index is 11.5. The Balaban J connectivity index is 2.52. The van der Waals surface area contributed by atoms with Crippen LogP contribution in [-0.2, 0) is 9.84 Å². The van der Waals surface area contributed by atoms with Gasteiger partial charge in [0.25, 0.3) is 0 Å². The lowest BCUT2D eigenvalue weighted by atomic mass is 10.1. The zero-order valence-electron chi connectivity index (χ0n) is 10.1. The SMILES string of the molecule is Cc1ccc(C=CCS(=O)(=O)CCCN)cc1. The van der Waals surface area contributed by atoms with Gasteiger partial charge in [0.15, 0.2) is 9.84 Å². The van der Waals surface area contributed by atoms with Gasteiger partial charge in [0.2, 0.25) is 0 Å². The molecule has 1 rings (SSSR count). The molecular formula is C13H19NO2S. The second-order valence-corrected chi connectivity index (χ2v) is 6.30. The van der Waals surface area contributed by atoms with Crippen LogP contribution in [-0.4, -0.2) is 26.5 Å². The number of sulfone groups is 1. The van der Waals surface area contributed by atoms with Crippen LogP contribution in [0.3, 0.4) is 0 Å². The molecule has 0 radical (unpaired) electrons. The third-order valence-electron chi connectivity index (χ3n) is 2.40. The number of hydrogen-bond acceptors (Lipinski definition) is 3. The summed E-state index contributed by atoms with van der Waals surface area (Å²) in [5.74, 6) is 0.253. The van der Waals surface area contributed by atoms with Crippen molar-refractivity contribution >= 4 is 15.9 Å². The van der Waals surface area contributed by atoms with Gasteiger partial charge in [0.05, 0.1) is 11.5 Å². The van der Waals surface area contributed by atoms with E-state index >= 15 is 0 Å². The maximum Gasteiger partial charge on any atom is 0.153 e. The van der Waals surface area contributed by atoms with Crippen LogP contribution in [0, 0.1) is 6.92 Å². The molecule has 3 nitrogen and oxygen atoms in total. The molecule has 0 saturated carbocycles. The molecule has 4 heteroatoms. The highest BCUT2D eigenvalue weighted by Gasteiger charge is 2.06. The first kappa shape index (κ1) is 13.9. The molecule has 1 aromatic carbocycles. The maximum absolute atomic E-state index is 11.5. The van der Waals surface area contributed by atoms with E-state index in [1.165, 1.54) is 5.56 Å². The molecule has 0 atom stereocenters. The summed E-state index contributed by atoms with van der Waals surface area (Å²) in [4.78, 5) is 0. The molecule has 0 saturated heterocycles. The molecule has 94 valence electrons. The van der Waals surface area contributed by atoms with E-state index in [1.807, 2.05) is 37.3 Å². The van der Waals surface area contributed by atoms with Crippen molar-refractivity contribution in [3.8, 4) is 0 Å². The van der Waals surface area contributed by atoms with Crippen LogP contribution in [0.15, 0.2) is 30.3 Å². The summed E-state index contributed by atoms with van der Waals surface area (Å²) in [6.07, 6.45) is 4.05. The highest BCUT2D eigenvalue weighted by molar-refractivity contribution is 7.91. The van der Waals surface area contributed by atoms with Gasteiger partial charge in [-0.25, -0.2) is 8.42 Å². The van der Waals surface area contributed by atoms with E-state index < -0.39 is 9.84 Å². The molecule has 1 aromatic rings. The summed E-state index contributed by atoms with van der Waals surface area (Å²) in [5, 5.41) is 0. The summed E-state index contributed by atoms with van der Waals surface area (Å²) in [6, 6.07) is 7.95. The van der Waals surface area contributed by atoms with E-state index in [0.29, 0.717) is 13.0 Å². The zero-order chi connectivity index (χ0) is 12.7. The largest absolute Gasteiger partial charge is 0.330 e. The lowest BCUT2D eigenvalue weighted by Crippen LogP contribution is -2.13. The minimum absolute atomic E-state index is 0.0842. The number of rotatable bonds is 6. The lowest BCUT2D eigenvalue weighted by Gasteiger charge is -1.99. The van der Waals surface area contributed by atoms with Gasteiger partial charge < -0.3 is 5.73 Å². The normalized spacial score (nSPS) is 12.1. The van der Waals surface area contributed by atoms with E-state index in [2.05, 4.69) is 0 Å². The van der Waals surface area contributed by atoms with Gasteiger partial charge in [-0.1, -0.05) is 42.0 Å². The molecule has 2 N–H and O–H groups in total. The van der Waals surface area contributed by atoms with E-state index in [0.717, 1.165) is 5.56 Å². The number of hydrogen-bond donors (Lipinski definition) is 1. The van der Waals surface area contributed by atoms with E-state index in [4.69, 9.17) is 5.73 Å². The van der Waals surface area contributed by atoms with Crippen molar-refractivity contribution in [1.82, 2.24) is 0 Å². The topological polar surface area (TPSA) is 60.2 Å². The first-order valence-corrected chi connectivity index (χ1v) is 7.49. The lowest BCUT2D eigenvalue weighted by molar-refractivity contribution is 0.596. The third-order valence-corrected chi connectivity index (χ3v) is 4.01. The van der Waals surface area contributed by atoms with Crippen LogP contribution in [0.4, 0.5) is 0 Å². The highest BCUT2D eigenvalue weighted by Crippen LogP contribution is 2.05. The third kappa shape index (κ3) is 5.65. The summed E-state index contributed by atoms with van der Waals surface area (Å²) < 4.78 is 23.1. The average Bonchev–Trinajstić information content (AvgIpc) is 2.29. The molecule has 0 aliphatic carbocycles. The van der Waals surface area contributed by atoms with Crippen molar-refractivity contribution in [2.75, 3.05) is 18.1 Å². The summed E-state index contributed by atoms with van der Waals surface area (Å²) in [6.45, 7) is 2.44. The van der Waals surface area contributed by atoms with Crippen molar-refractivity contribution in [3.05, 3.63) is 41.5 Å². The molecule has 0 unspecified atom stereocenters. The first-order valence-electron chi connectivity index (χ1n) is 5.67. The highest BCUT2D eigenvalue weighted by atomic mass is 32.2. The Morgan fingerprint density at radius 3 is 2.47 bits per heavy atom. The predicted octanol–water partition coefficient (Wildman–Crippen LogP) is 1.77. The quantitative estimate of drug-likeness (QED) is 0.840. The summed E-state index contributed by atoms with van der Waals surface area (Å²) in [5.41, 5.74) is 7.50. The van der Waals surface area contributed by atoms with Crippen molar-refractivity contribution in [3.63, 3.8) is 0 Å². The minimum Gasteiger partial charge on any atom is -0.330 e. The number of benzene rings is 1. The second kappa shape index (κ2) is 6.57. The Labute approximate surface area is 103 Å². The Kier molecular flexibility index (Phi) is 5.38. The van der Waals surface area contributed by atoms with Gasteiger partial charge in [0.1, 0.15) is 0 Å². The molecule has 0 aliphatic heterocycles. The van der Waals surface area contributed by atoms with Gasteiger partial charge in [-0.2, -0.15) is 0 Å². The van der Waals surface area contributed by atoms with Crippen molar-refractivity contribution in [2.24, 2.45) is 5.73 Å². The van der Waals surface area contributed by atoms with Gasteiger partial charge in [0, 0.05) is 0 Å². The van der Waals surface area contributed by atoms with E-state index in [1.54, 1.807) is 6.08 Å². The van der Waals surface area contributed by atoms with E-state index in [-0.39, 0.29) is 11.5 Å². The average molecular weight is 253 g/mol. The molecule has 0 heterocycles. The van der Waals surface area contributed by atoms with Gasteiger partial charge >= 0.3 is 0 Å². The molecular weight excluding hydrogens is 234 g/mol. The number of nitrogens with two attached hydrogens (primary N) is 1. The molecule has 0 spiro atoms. The van der Waals surface area contributed by atoms with E-state index in [9.17, 15) is 8.42 Å². The van der Waals surface area contributed by atoms with Crippen LogP contribution in [0.25, 0.3) is 6.08 Å². The fraction of sp³-hybridized carbons (Fsp3) is 0.385. The molecule has 0 aromatic heterocycles. The second-order valence-electron chi connectivity index (χ2n) is 4.07. The van der Waals surface area contributed by atoms with Crippen molar-refractivity contribution < 1.29 is 8.42 Å². The first-order chi connectivity index (χ1) is 8.03. The van der Waals surface area contributed by atoms with Crippen LogP contribution < -0.4 is 5.73 Å². The Morgan fingerprint density at radius 2 is 1.88 bits per heavy atom. The molecule has 0 fully saturated rings. The number of aryl methyl sites for hydroxylation is 1. The Bertz CT molecular complexity index is 461. The van der Waals surface area contributed by atoms with Crippen molar-refractivity contribution in [2.45, 2.75) is 13.3 Å². The Morgan fingerprint density at radius 1 is 1.24 bits per heavy atom.